The lowest BCUT2D eigenvalue weighted by atomic mass is 10.1. The van der Waals surface area contributed by atoms with E-state index in [2.05, 4.69) is 23.3 Å². The molecule has 1 heterocycles. The normalized spacial score (nSPS) is 10.6. The zero-order valence-corrected chi connectivity index (χ0v) is 15.4. The molecule has 0 atom stereocenters. The van der Waals surface area contributed by atoms with E-state index in [0.717, 1.165) is 22.2 Å². The Morgan fingerprint density at radius 3 is 2.73 bits per heavy atom. The van der Waals surface area contributed by atoms with Crippen LogP contribution in [-0.2, 0) is 4.74 Å². The van der Waals surface area contributed by atoms with Gasteiger partial charge in [-0.05, 0) is 56.2 Å². The summed E-state index contributed by atoms with van der Waals surface area (Å²) in [6, 6.07) is 11.6. The van der Waals surface area contributed by atoms with Gasteiger partial charge in [0.2, 0.25) is 0 Å². The average molecular weight is 350 g/mol. The fraction of sp³-hybridized carbons (Fsp3) is 0.238. The van der Waals surface area contributed by atoms with Gasteiger partial charge in [-0.15, -0.1) is 0 Å². The second kappa shape index (κ2) is 7.44. The van der Waals surface area contributed by atoms with Crippen molar-refractivity contribution in [3.05, 3.63) is 59.3 Å². The SMILES string of the molecule is CCOC(=O)c1cnc2ccc(OC)cc2c1Nc1cccc(C)c1C. The Hall–Kier alpha value is -3.08. The second-order valence-electron chi connectivity index (χ2n) is 6.02. The Kier molecular flexibility index (Phi) is 5.07. The quantitative estimate of drug-likeness (QED) is 0.671. The number of carbonyl (C=O) groups is 1. The molecule has 3 rings (SSSR count). The molecule has 0 aliphatic carbocycles. The smallest absolute Gasteiger partial charge is 0.341 e. The first-order valence-corrected chi connectivity index (χ1v) is 8.52. The van der Waals surface area contributed by atoms with E-state index < -0.39 is 5.97 Å². The summed E-state index contributed by atoms with van der Waals surface area (Å²) < 4.78 is 10.6. The molecule has 5 heteroatoms. The lowest BCUT2D eigenvalue weighted by Gasteiger charge is -2.17. The molecular formula is C21H22N2O3. The van der Waals surface area contributed by atoms with E-state index in [-0.39, 0.29) is 0 Å². The molecule has 0 amide bonds. The maximum absolute atomic E-state index is 12.5. The second-order valence-corrected chi connectivity index (χ2v) is 6.02. The van der Waals surface area contributed by atoms with Gasteiger partial charge in [-0.3, -0.25) is 4.98 Å². The van der Waals surface area contributed by atoms with Crippen molar-refractivity contribution in [2.24, 2.45) is 0 Å². The molecule has 0 saturated carbocycles. The molecule has 0 aliphatic rings. The number of hydrogen-bond donors (Lipinski definition) is 1. The summed E-state index contributed by atoms with van der Waals surface area (Å²) in [5.41, 5.74) is 5.06. The Labute approximate surface area is 153 Å². The van der Waals surface area contributed by atoms with Gasteiger partial charge in [0, 0.05) is 17.3 Å². The van der Waals surface area contributed by atoms with Crippen LogP contribution in [0.1, 0.15) is 28.4 Å². The molecule has 0 fully saturated rings. The van der Waals surface area contributed by atoms with E-state index in [1.165, 1.54) is 5.56 Å². The minimum Gasteiger partial charge on any atom is -0.497 e. The lowest BCUT2D eigenvalue weighted by molar-refractivity contribution is 0.0527. The number of esters is 1. The van der Waals surface area contributed by atoms with Crippen molar-refractivity contribution in [3.63, 3.8) is 0 Å². The molecule has 3 aromatic rings. The average Bonchev–Trinajstić information content (AvgIpc) is 2.65. The first-order chi connectivity index (χ1) is 12.5. The Bertz CT molecular complexity index is 967. The molecule has 0 unspecified atom stereocenters. The number of fused-ring (bicyclic) bond motifs is 1. The molecule has 1 N–H and O–H groups in total. The van der Waals surface area contributed by atoms with Gasteiger partial charge >= 0.3 is 5.97 Å². The van der Waals surface area contributed by atoms with Gasteiger partial charge < -0.3 is 14.8 Å². The van der Waals surface area contributed by atoms with Crippen molar-refractivity contribution >= 4 is 28.2 Å². The predicted octanol–water partition coefficient (Wildman–Crippen LogP) is 4.78. The Morgan fingerprint density at radius 2 is 2.00 bits per heavy atom. The van der Waals surface area contributed by atoms with Crippen LogP contribution in [0.25, 0.3) is 10.9 Å². The molecule has 0 saturated heterocycles. The first kappa shape index (κ1) is 17.7. The van der Waals surface area contributed by atoms with E-state index in [9.17, 15) is 4.79 Å². The maximum atomic E-state index is 12.5. The molecule has 134 valence electrons. The van der Waals surface area contributed by atoms with Gasteiger partial charge in [0.15, 0.2) is 0 Å². The van der Waals surface area contributed by atoms with E-state index in [4.69, 9.17) is 9.47 Å². The molecule has 26 heavy (non-hydrogen) atoms. The van der Waals surface area contributed by atoms with Gasteiger partial charge in [0.05, 0.1) is 24.9 Å². The molecule has 0 bridgehead atoms. The minimum absolute atomic E-state index is 0.303. The van der Waals surface area contributed by atoms with E-state index >= 15 is 0 Å². The number of benzene rings is 2. The van der Waals surface area contributed by atoms with Crippen LogP contribution in [0.4, 0.5) is 11.4 Å². The van der Waals surface area contributed by atoms with Gasteiger partial charge in [-0.1, -0.05) is 12.1 Å². The van der Waals surface area contributed by atoms with Crippen molar-refractivity contribution in [3.8, 4) is 5.75 Å². The largest absolute Gasteiger partial charge is 0.497 e. The number of aryl methyl sites for hydroxylation is 1. The topological polar surface area (TPSA) is 60.5 Å². The number of carbonyl (C=O) groups excluding carboxylic acids is 1. The Morgan fingerprint density at radius 1 is 1.19 bits per heavy atom. The third-order valence-corrected chi connectivity index (χ3v) is 4.43. The highest BCUT2D eigenvalue weighted by molar-refractivity contribution is 6.06. The van der Waals surface area contributed by atoms with Crippen molar-refractivity contribution in [2.45, 2.75) is 20.8 Å². The van der Waals surface area contributed by atoms with E-state index in [1.807, 2.05) is 37.3 Å². The standard InChI is InChI=1S/C21H22N2O3/c1-5-26-21(24)17-12-22-19-10-9-15(25-4)11-16(19)20(17)23-18-8-6-7-13(2)14(18)3/h6-12H,5H2,1-4H3,(H,22,23). The summed E-state index contributed by atoms with van der Waals surface area (Å²) in [6.45, 7) is 6.19. The Balaban J connectivity index is 2.22. The number of hydrogen-bond acceptors (Lipinski definition) is 5. The molecule has 5 nitrogen and oxygen atoms in total. The van der Waals surface area contributed by atoms with Crippen molar-refractivity contribution < 1.29 is 14.3 Å². The van der Waals surface area contributed by atoms with Crippen LogP contribution in [0.2, 0.25) is 0 Å². The minimum atomic E-state index is -0.405. The number of nitrogens with one attached hydrogen (secondary N) is 1. The summed E-state index contributed by atoms with van der Waals surface area (Å²) in [5, 5.41) is 4.22. The van der Waals surface area contributed by atoms with Crippen LogP contribution in [0.5, 0.6) is 5.75 Å². The van der Waals surface area contributed by atoms with Crippen LogP contribution >= 0.6 is 0 Å². The van der Waals surface area contributed by atoms with Crippen molar-refractivity contribution in [2.75, 3.05) is 19.0 Å². The highest BCUT2D eigenvalue weighted by Gasteiger charge is 2.18. The first-order valence-electron chi connectivity index (χ1n) is 8.52. The number of aromatic nitrogens is 1. The zero-order chi connectivity index (χ0) is 18.7. The van der Waals surface area contributed by atoms with E-state index in [1.54, 1.807) is 20.2 Å². The number of ether oxygens (including phenoxy) is 2. The van der Waals surface area contributed by atoms with Gasteiger partial charge in [0.25, 0.3) is 0 Å². The molecule has 0 spiro atoms. The monoisotopic (exact) mass is 350 g/mol. The molecule has 2 aromatic carbocycles. The number of anilines is 2. The number of pyridine rings is 1. The molecular weight excluding hydrogens is 328 g/mol. The number of rotatable bonds is 5. The summed E-state index contributed by atoms with van der Waals surface area (Å²) in [7, 11) is 1.61. The molecule has 0 radical (unpaired) electrons. The predicted molar refractivity (Wildman–Crippen MR) is 103 cm³/mol. The maximum Gasteiger partial charge on any atom is 0.341 e. The van der Waals surface area contributed by atoms with E-state index in [0.29, 0.717) is 23.6 Å². The van der Waals surface area contributed by atoms with Crippen molar-refractivity contribution in [1.29, 1.82) is 0 Å². The fourth-order valence-electron chi connectivity index (χ4n) is 2.82. The van der Waals surface area contributed by atoms with Gasteiger partial charge in [-0.2, -0.15) is 0 Å². The summed E-state index contributed by atoms with van der Waals surface area (Å²) in [4.78, 5) is 16.9. The summed E-state index contributed by atoms with van der Waals surface area (Å²) in [5.74, 6) is 0.293. The fourth-order valence-corrected chi connectivity index (χ4v) is 2.82. The molecule has 1 aromatic heterocycles. The zero-order valence-electron chi connectivity index (χ0n) is 15.4. The molecule has 0 aliphatic heterocycles. The van der Waals surface area contributed by atoms with Crippen LogP contribution < -0.4 is 10.1 Å². The van der Waals surface area contributed by atoms with Crippen LogP contribution in [0.15, 0.2) is 42.6 Å². The lowest BCUT2D eigenvalue weighted by Crippen LogP contribution is -2.10. The van der Waals surface area contributed by atoms with Gasteiger partial charge in [0.1, 0.15) is 11.3 Å². The third kappa shape index (κ3) is 3.33. The summed E-state index contributed by atoms with van der Waals surface area (Å²) >= 11 is 0. The highest BCUT2D eigenvalue weighted by Crippen LogP contribution is 2.33. The summed E-state index contributed by atoms with van der Waals surface area (Å²) in [6.07, 6.45) is 1.56. The highest BCUT2D eigenvalue weighted by atomic mass is 16.5. The van der Waals surface area contributed by atoms with Crippen LogP contribution in [-0.4, -0.2) is 24.7 Å². The van der Waals surface area contributed by atoms with Crippen LogP contribution in [0, 0.1) is 13.8 Å². The number of methoxy groups -OCH3 is 1. The number of nitrogens with zero attached hydrogens (tertiary/aromatic N) is 1. The third-order valence-electron chi connectivity index (χ3n) is 4.43. The van der Waals surface area contributed by atoms with Gasteiger partial charge in [-0.25, -0.2) is 4.79 Å². The van der Waals surface area contributed by atoms with Crippen molar-refractivity contribution in [1.82, 2.24) is 4.98 Å². The van der Waals surface area contributed by atoms with Crippen LogP contribution in [0.3, 0.4) is 0 Å².